The Hall–Kier alpha value is -2.18. The van der Waals surface area contributed by atoms with Crippen molar-refractivity contribution in [2.24, 2.45) is 15.9 Å². The number of fused-ring (bicyclic) bond motifs is 1. The van der Waals surface area contributed by atoms with Gasteiger partial charge in [0, 0.05) is 21.4 Å². The summed E-state index contributed by atoms with van der Waals surface area (Å²) in [4.78, 5) is 0. The van der Waals surface area contributed by atoms with Crippen molar-refractivity contribution in [2.45, 2.75) is 5.75 Å². The fourth-order valence-electron chi connectivity index (χ4n) is 2.07. The first kappa shape index (κ1) is 15.7. The summed E-state index contributed by atoms with van der Waals surface area (Å²) >= 11 is 2.96. The minimum absolute atomic E-state index is 0.314. The second-order valence-corrected chi connectivity index (χ2v) is 6.69. The fraction of sp³-hybridized carbons (Fsp3) is 0.0588. The van der Waals surface area contributed by atoms with Crippen molar-refractivity contribution in [1.29, 1.82) is 0 Å². The highest BCUT2D eigenvalue weighted by atomic mass is 32.2. The predicted octanol–water partition coefficient (Wildman–Crippen LogP) is 4.62. The van der Waals surface area contributed by atoms with Gasteiger partial charge in [0.1, 0.15) is 5.82 Å². The van der Waals surface area contributed by atoms with Gasteiger partial charge in [0.05, 0.1) is 6.21 Å². The van der Waals surface area contributed by atoms with Crippen LogP contribution in [0.15, 0.2) is 64.1 Å². The third-order valence-electron chi connectivity index (χ3n) is 3.20. The third-order valence-corrected chi connectivity index (χ3v) is 4.93. The lowest BCUT2D eigenvalue weighted by molar-refractivity contribution is 0.628. The number of thiophene rings is 1. The first-order valence-corrected chi connectivity index (χ1v) is 8.79. The van der Waals surface area contributed by atoms with Crippen LogP contribution >= 0.6 is 23.1 Å². The highest BCUT2D eigenvalue weighted by molar-refractivity contribution is 8.13. The van der Waals surface area contributed by atoms with E-state index < -0.39 is 0 Å². The molecule has 0 spiro atoms. The van der Waals surface area contributed by atoms with Crippen LogP contribution in [0.4, 0.5) is 4.39 Å². The van der Waals surface area contributed by atoms with Crippen molar-refractivity contribution in [1.82, 2.24) is 0 Å². The Balaban J connectivity index is 1.69. The van der Waals surface area contributed by atoms with Crippen LogP contribution in [0, 0.1) is 5.82 Å². The minimum Gasteiger partial charge on any atom is -0.377 e. The van der Waals surface area contributed by atoms with Gasteiger partial charge in [0.25, 0.3) is 0 Å². The molecule has 1 heterocycles. The van der Waals surface area contributed by atoms with Crippen LogP contribution in [-0.4, -0.2) is 11.4 Å². The Kier molecular flexibility index (Phi) is 5.05. The highest BCUT2D eigenvalue weighted by Gasteiger charge is 2.06. The standard InChI is InChI=1S/C17H14FN3S2/c18-15-6-7-16-13(8-9-22-16)14(15)10-20-21-17(19)23-11-12-4-2-1-3-5-12/h1-10H,11H2,(H2,19,21). The predicted molar refractivity (Wildman–Crippen MR) is 98.7 cm³/mol. The molecule has 0 fully saturated rings. The molecule has 6 heteroatoms. The monoisotopic (exact) mass is 343 g/mol. The van der Waals surface area contributed by atoms with Gasteiger partial charge in [-0.15, -0.1) is 16.4 Å². The molecule has 3 nitrogen and oxygen atoms in total. The largest absolute Gasteiger partial charge is 0.377 e. The van der Waals surface area contributed by atoms with E-state index in [4.69, 9.17) is 5.73 Å². The lowest BCUT2D eigenvalue weighted by Gasteiger charge is -2.00. The van der Waals surface area contributed by atoms with Crippen LogP contribution in [-0.2, 0) is 5.75 Å². The Morgan fingerprint density at radius 2 is 2.00 bits per heavy atom. The van der Waals surface area contributed by atoms with E-state index in [0.29, 0.717) is 10.7 Å². The van der Waals surface area contributed by atoms with Gasteiger partial charge in [-0.1, -0.05) is 42.1 Å². The molecule has 23 heavy (non-hydrogen) atoms. The summed E-state index contributed by atoms with van der Waals surface area (Å²) in [7, 11) is 0. The zero-order valence-corrected chi connectivity index (χ0v) is 13.8. The van der Waals surface area contributed by atoms with Gasteiger partial charge in [-0.25, -0.2) is 4.39 Å². The lowest BCUT2D eigenvalue weighted by atomic mass is 10.1. The first-order chi connectivity index (χ1) is 11.2. The summed E-state index contributed by atoms with van der Waals surface area (Å²) in [5.41, 5.74) is 7.42. The van der Waals surface area contributed by atoms with Crippen molar-refractivity contribution in [3.8, 4) is 0 Å². The Labute approximate surface area is 141 Å². The molecule has 0 aliphatic heterocycles. The van der Waals surface area contributed by atoms with Gasteiger partial charge in [-0.2, -0.15) is 5.10 Å². The maximum Gasteiger partial charge on any atom is 0.180 e. The van der Waals surface area contributed by atoms with Gasteiger partial charge in [-0.3, -0.25) is 0 Å². The molecule has 0 amide bonds. The van der Waals surface area contributed by atoms with Crippen LogP contribution in [0.5, 0.6) is 0 Å². The smallest absolute Gasteiger partial charge is 0.180 e. The van der Waals surface area contributed by atoms with E-state index in [1.165, 1.54) is 24.0 Å². The molecular formula is C17H14FN3S2. The Morgan fingerprint density at radius 3 is 2.83 bits per heavy atom. The highest BCUT2D eigenvalue weighted by Crippen LogP contribution is 2.25. The molecule has 0 aliphatic rings. The van der Waals surface area contributed by atoms with Crippen molar-refractivity contribution in [3.63, 3.8) is 0 Å². The average molecular weight is 343 g/mol. The number of nitrogens with zero attached hydrogens (tertiary/aromatic N) is 2. The fourth-order valence-corrected chi connectivity index (χ4v) is 3.49. The van der Waals surface area contributed by atoms with Gasteiger partial charge in [-0.05, 0) is 29.1 Å². The van der Waals surface area contributed by atoms with Gasteiger partial charge < -0.3 is 5.73 Å². The summed E-state index contributed by atoms with van der Waals surface area (Å²) in [5.74, 6) is 0.408. The van der Waals surface area contributed by atoms with Crippen LogP contribution in [0.2, 0.25) is 0 Å². The number of nitrogens with two attached hydrogens (primary N) is 1. The SMILES string of the molecule is NC(=NN=Cc1c(F)ccc2sccc12)SCc1ccccc1. The molecule has 0 unspecified atom stereocenters. The number of hydrogen-bond donors (Lipinski definition) is 1. The molecule has 116 valence electrons. The van der Waals surface area contributed by atoms with Gasteiger partial charge in [0.2, 0.25) is 0 Å². The molecule has 2 aromatic carbocycles. The maximum absolute atomic E-state index is 13.9. The number of rotatable bonds is 4. The molecule has 0 radical (unpaired) electrons. The van der Waals surface area contributed by atoms with E-state index in [-0.39, 0.29) is 5.82 Å². The van der Waals surface area contributed by atoms with E-state index in [2.05, 4.69) is 10.2 Å². The summed E-state index contributed by atoms with van der Waals surface area (Å²) in [6.07, 6.45) is 1.42. The second kappa shape index (κ2) is 7.39. The Morgan fingerprint density at radius 1 is 1.17 bits per heavy atom. The van der Waals surface area contributed by atoms with E-state index >= 15 is 0 Å². The van der Waals surface area contributed by atoms with E-state index in [1.54, 1.807) is 17.4 Å². The zero-order valence-electron chi connectivity index (χ0n) is 12.1. The van der Waals surface area contributed by atoms with Crippen LogP contribution in [0.3, 0.4) is 0 Å². The molecule has 3 rings (SSSR count). The molecule has 2 N–H and O–H groups in total. The Bertz CT molecular complexity index is 857. The molecule has 0 atom stereocenters. The first-order valence-electron chi connectivity index (χ1n) is 6.93. The molecule has 1 aromatic heterocycles. The number of thioether (sulfide) groups is 1. The van der Waals surface area contributed by atoms with Crippen LogP contribution in [0.1, 0.15) is 11.1 Å². The topological polar surface area (TPSA) is 50.7 Å². The van der Waals surface area contributed by atoms with Crippen LogP contribution < -0.4 is 5.73 Å². The molecular weight excluding hydrogens is 329 g/mol. The molecule has 3 aromatic rings. The quantitative estimate of drug-likeness (QED) is 0.427. The lowest BCUT2D eigenvalue weighted by Crippen LogP contribution is -2.06. The number of hydrogen-bond acceptors (Lipinski definition) is 4. The van der Waals surface area contributed by atoms with Crippen molar-refractivity contribution in [2.75, 3.05) is 0 Å². The van der Waals surface area contributed by atoms with E-state index in [9.17, 15) is 4.39 Å². The number of benzene rings is 2. The number of halogens is 1. The molecule has 0 bridgehead atoms. The third kappa shape index (κ3) is 3.97. The van der Waals surface area contributed by atoms with Crippen molar-refractivity contribution < 1.29 is 4.39 Å². The zero-order chi connectivity index (χ0) is 16.1. The minimum atomic E-state index is -0.314. The maximum atomic E-state index is 13.9. The average Bonchev–Trinajstić information content (AvgIpc) is 3.05. The normalized spacial score (nSPS) is 12.3. The summed E-state index contributed by atoms with van der Waals surface area (Å²) < 4.78 is 14.9. The summed E-state index contributed by atoms with van der Waals surface area (Å²) in [5, 5.41) is 11.0. The summed E-state index contributed by atoms with van der Waals surface area (Å²) in [6, 6.07) is 15.1. The number of amidine groups is 1. The summed E-state index contributed by atoms with van der Waals surface area (Å²) in [6.45, 7) is 0. The van der Waals surface area contributed by atoms with E-state index in [0.717, 1.165) is 21.4 Å². The molecule has 0 aliphatic carbocycles. The van der Waals surface area contributed by atoms with Crippen LogP contribution in [0.25, 0.3) is 10.1 Å². The van der Waals surface area contributed by atoms with Gasteiger partial charge in [0.15, 0.2) is 5.17 Å². The van der Waals surface area contributed by atoms with Crippen molar-refractivity contribution in [3.05, 3.63) is 70.9 Å². The molecule has 0 saturated heterocycles. The second-order valence-electron chi connectivity index (χ2n) is 4.75. The van der Waals surface area contributed by atoms with Gasteiger partial charge >= 0.3 is 0 Å². The van der Waals surface area contributed by atoms with Crippen molar-refractivity contribution >= 4 is 44.6 Å². The molecule has 0 saturated carbocycles. The van der Waals surface area contributed by atoms with E-state index in [1.807, 2.05) is 41.8 Å².